The molecular formula is C33H62N4O. The van der Waals surface area contributed by atoms with Gasteiger partial charge in [0.15, 0.2) is 0 Å². The largest absolute Gasteiger partial charge is 0.354 e. The van der Waals surface area contributed by atoms with Gasteiger partial charge in [0.25, 0.3) is 0 Å². The zero-order valence-corrected chi connectivity index (χ0v) is 25.6. The summed E-state index contributed by atoms with van der Waals surface area (Å²) in [5, 5.41) is 10.6. The molecule has 4 aliphatic carbocycles. The number of carbonyl (C=O) groups is 1. The first-order valence-electron chi connectivity index (χ1n) is 16.6. The van der Waals surface area contributed by atoms with Crippen molar-refractivity contribution in [2.45, 2.75) is 130 Å². The van der Waals surface area contributed by atoms with Crippen molar-refractivity contribution in [3.8, 4) is 0 Å². The summed E-state index contributed by atoms with van der Waals surface area (Å²) in [5.74, 6) is 5.42. The number of hydrogen-bond acceptors (Lipinski definition) is 4. The van der Waals surface area contributed by atoms with Crippen LogP contribution in [0.4, 0.5) is 0 Å². The molecule has 5 N–H and O–H groups in total. The highest BCUT2D eigenvalue weighted by molar-refractivity contribution is 5.76. The lowest BCUT2D eigenvalue weighted by atomic mass is 9.44. The summed E-state index contributed by atoms with van der Waals surface area (Å²) in [6.45, 7) is 16.0. The Morgan fingerprint density at radius 3 is 2.39 bits per heavy atom. The van der Waals surface area contributed by atoms with Crippen LogP contribution in [0.25, 0.3) is 0 Å². The van der Waals surface area contributed by atoms with Crippen molar-refractivity contribution >= 4 is 5.91 Å². The van der Waals surface area contributed by atoms with Crippen molar-refractivity contribution in [2.24, 2.45) is 52.1 Å². The monoisotopic (exact) mass is 530 g/mol. The molecule has 0 heterocycles. The first kappa shape index (κ1) is 30.3. The molecule has 0 radical (unpaired) electrons. The van der Waals surface area contributed by atoms with E-state index >= 15 is 0 Å². The molecule has 4 saturated carbocycles. The fourth-order valence-corrected chi connectivity index (χ4v) is 10.2. The SMILES string of the molecule is CC(C)NC(=O)CC[C@@H](C)[C@H]1CCC2C3CCC4C[C@@H](NCCCNCCCN)CC[C@]4(C)C3CC[C@@]21C. The summed E-state index contributed by atoms with van der Waals surface area (Å²) in [6.07, 6.45) is 16.9. The smallest absolute Gasteiger partial charge is 0.220 e. The molecule has 9 atom stereocenters. The van der Waals surface area contributed by atoms with Gasteiger partial charge >= 0.3 is 0 Å². The summed E-state index contributed by atoms with van der Waals surface area (Å²) < 4.78 is 0. The Kier molecular flexibility index (Phi) is 10.6. The van der Waals surface area contributed by atoms with Crippen LogP contribution in [-0.4, -0.2) is 44.2 Å². The van der Waals surface area contributed by atoms with Gasteiger partial charge in [-0.05, 0) is 163 Å². The second kappa shape index (κ2) is 13.3. The molecule has 0 aromatic carbocycles. The first-order chi connectivity index (χ1) is 18.2. The number of amides is 1. The molecule has 4 fully saturated rings. The predicted octanol–water partition coefficient (Wildman–Crippen LogP) is 5.87. The summed E-state index contributed by atoms with van der Waals surface area (Å²) in [5.41, 5.74) is 6.64. The maximum Gasteiger partial charge on any atom is 0.220 e. The molecule has 0 bridgehead atoms. The molecule has 0 saturated heterocycles. The number of nitrogens with one attached hydrogen (secondary N) is 3. The zero-order chi connectivity index (χ0) is 27.3. The van der Waals surface area contributed by atoms with E-state index in [1.165, 1.54) is 64.2 Å². The first-order valence-corrected chi connectivity index (χ1v) is 16.6. The topological polar surface area (TPSA) is 79.2 Å². The normalized spacial score (nSPS) is 39.3. The molecule has 5 heteroatoms. The second-order valence-electron chi connectivity index (χ2n) is 14.8. The standard InChI is InChI=1S/C33H62N4O/c1-23(2)37-31(38)13-8-24(3)28-11-12-29-27-10-9-25-22-26(36-21-7-20-35-19-6-18-34)14-16-32(25,4)30(27)15-17-33(28,29)5/h23-30,35-36H,6-22,34H2,1-5H3,(H,37,38)/t24-,25?,26+,27?,28-,29?,30?,32+,33-/m1/s1. The Labute approximate surface area is 235 Å². The Morgan fingerprint density at radius 2 is 1.63 bits per heavy atom. The van der Waals surface area contributed by atoms with E-state index in [0.29, 0.717) is 23.2 Å². The molecule has 38 heavy (non-hydrogen) atoms. The lowest BCUT2D eigenvalue weighted by Crippen LogP contribution is -2.55. The molecule has 0 aliphatic heterocycles. The maximum atomic E-state index is 12.3. The van der Waals surface area contributed by atoms with E-state index in [0.717, 1.165) is 74.7 Å². The van der Waals surface area contributed by atoms with Crippen LogP contribution in [0.3, 0.4) is 0 Å². The fourth-order valence-electron chi connectivity index (χ4n) is 10.2. The summed E-state index contributed by atoms with van der Waals surface area (Å²) >= 11 is 0. The van der Waals surface area contributed by atoms with Gasteiger partial charge in [0.1, 0.15) is 0 Å². The third-order valence-corrected chi connectivity index (χ3v) is 12.2. The van der Waals surface area contributed by atoms with Gasteiger partial charge in [-0.25, -0.2) is 0 Å². The minimum absolute atomic E-state index is 0.241. The highest BCUT2D eigenvalue weighted by atomic mass is 16.1. The van der Waals surface area contributed by atoms with E-state index in [1.807, 2.05) is 0 Å². The zero-order valence-electron chi connectivity index (χ0n) is 25.6. The van der Waals surface area contributed by atoms with Crippen LogP contribution >= 0.6 is 0 Å². The summed E-state index contributed by atoms with van der Waals surface area (Å²) in [4.78, 5) is 12.3. The van der Waals surface area contributed by atoms with E-state index in [1.54, 1.807) is 0 Å². The Hall–Kier alpha value is -0.650. The number of carbonyl (C=O) groups excluding carboxylic acids is 1. The van der Waals surface area contributed by atoms with E-state index in [2.05, 4.69) is 50.6 Å². The number of nitrogens with two attached hydrogens (primary N) is 1. The van der Waals surface area contributed by atoms with Gasteiger partial charge in [-0.2, -0.15) is 0 Å². The van der Waals surface area contributed by atoms with E-state index < -0.39 is 0 Å². The van der Waals surface area contributed by atoms with Crippen LogP contribution in [-0.2, 0) is 4.79 Å². The van der Waals surface area contributed by atoms with Crippen LogP contribution in [0.15, 0.2) is 0 Å². The maximum absolute atomic E-state index is 12.3. The van der Waals surface area contributed by atoms with Gasteiger partial charge in [0.2, 0.25) is 5.91 Å². The van der Waals surface area contributed by atoms with Gasteiger partial charge in [0, 0.05) is 18.5 Å². The molecule has 5 nitrogen and oxygen atoms in total. The van der Waals surface area contributed by atoms with Gasteiger partial charge in [0.05, 0.1) is 0 Å². The van der Waals surface area contributed by atoms with Crippen molar-refractivity contribution in [2.75, 3.05) is 26.2 Å². The van der Waals surface area contributed by atoms with Gasteiger partial charge in [-0.15, -0.1) is 0 Å². The van der Waals surface area contributed by atoms with Crippen molar-refractivity contribution in [1.29, 1.82) is 0 Å². The van der Waals surface area contributed by atoms with E-state index in [-0.39, 0.29) is 11.9 Å². The molecule has 4 aliphatic rings. The van der Waals surface area contributed by atoms with E-state index in [4.69, 9.17) is 5.73 Å². The van der Waals surface area contributed by atoms with E-state index in [9.17, 15) is 4.79 Å². The number of rotatable bonds is 13. The molecule has 0 aromatic heterocycles. The van der Waals surface area contributed by atoms with Crippen LogP contribution in [0, 0.1) is 46.3 Å². The predicted molar refractivity (Wildman–Crippen MR) is 160 cm³/mol. The Bertz CT molecular complexity index is 757. The molecule has 4 unspecified atom stereocenters. The minimum Gasteiger partial charge on any atom is -0.354 e. The molecular weight excluding hydrogens is 468 g/mol. The summed E-state index contributed by atoms with van der Waals surface area (Å²) in [6, 6.07) is 0.977. The van der Waals surface area contributed by atoms with Crippen LogP contribution < -0.4 is 21.7 Å². The highest BCUT2D eigenvalue weighted by Crippen LogP contribution is 2.68. The molecule has 4 rings (SSSR count). The van der Waals surface area contributed by atoms with Crippen molar-refractivity contribution < 1.29 is 4.79 Å². The van der Waals surface area contributed by atoms with Crippen molar-refractivity contribution in [1.82, 2.24) is 16.0 Å². The Morgan fingerprint density at radius 1 is 0.895 bits per heavy atom. The van der Waals surface area contributed by atoms with Crippen molar-refractivity contribution in [3.63, 3.8) is 0 Å². The number of hydrogen-bond donors (Lipinski definition) is 4. The van der Waals surface area contributed by atoms with Crippen LogP contribution in [0.5, 0.6) is 0 Å². The molecule has 220 valence electrons. The average Bonchev–Trinajstić information content (AvgIpc) is 3.23. The van der Waals surface area contributed by atoms with Gasteiger partial charge < -0.3 is 21.7 Å². The highest BCUT2D eigenvalue weighted by Gasteiger charge is 2.60. The third-order valence-electron chi connectivity index (χ3n) is 12.2. The quantitative estimate of drug-likeness (QED) is 0.225. The van der Waals surface area contributed by atoms with Crippen LogP contribution in [0.2, 0.25) is 0 Å². The Balaban J connectivity index is 1.28. The van der Waals surface area contributed by atoms with Gasteiger partial charge in [-0.3, -0.25) is 4.79 Å². The lowest BCUT2D eigenvalue weighted by Gasteiger charge is -2.61. The minimum atomic E-state index is 0.241. The third kappa shape index (κ3) is 6.62. The average molecular weight is 531 g/mol. The lowest BCUT2D eigenvalue weighted by molar-refractivity contribution is -0.123. The molecule has 0 aromatic rings. The number of fused-ring (bicyclic) bond motifs is 5. The summed E-state index contributed by atoms with van der Waals surface area (Å²) in [7, 11) is 0. The molecule has 0 spiro atoms. The van der Waals surface area contributed by atoms with Crippen LogP contribution in [0.1, 0.15) is 118 Å². The van der Waals surface area contributed by atoms with Crippen molar-refractivity contribution in [3.05, 3.63) is 0 Å². The second-order valence-corrected chi connectivity index (χ2v) is 14.8. The fraction of sp³-hybridized carbons (Fsp3) is 0.970. The molecule has 1 amide bonds. The van der Waals surface area contributed by atoms with Gasteiger partial charge in [-0.1, -0.05) is 20.8 Å².